The molecule has 53 heavy (non-hydrogen) atoms. The highest BCUT2D eigenvalue weighted by atomic mass is 16.7. The average molecular weight is 742 g/mol. The van der Waals surface area contributed by atoms with Crippen LogP contribution in [-0.4, -0.2) is 121 Å². The highest BCUT2D eigenvalue weighted by Crippen LogP contribution is 2.50. The van der Waals surface area contributed by atoms with Crippen molar-refractivity contribution in [1.82, 2.24) is 9.80 Å². The van der Waals surface area contributed by atoms with E-state index in [1.54, 1.807) is 19.9 Å². The highest BCUT2D eigenvalue weighted by Gasteiger charge is 2.66. The van der Waals surface area contributed by atoms with E-state index in [1.165, 1.54) is 5.98 Å². The molecule has 4 rings (SSSR count). The molecule has 0 aliphatic carbocycles. The van der Waals surface area contributed by atoms with Crippen LogP contribution in [0.1, 0.15) is 116 Å². The Morgan fingerprint density at radius 2 is 1.60 bits per heavy atom. The molecule has 12 heteroatoms. The molecule has 0 N–H and O–H groups in total. The van der Waals surface area contributed by atoms with Crippen LogP contribution >= 0.6 is 0 Å². The van der Waals surface area contributed by atoms with E-state index in [0.29, 0.717) is 12.8 Å². The number of amides is 1. The van der Waals surface area contributed by atoms with Crippen LogP contribution < -0.4 is 0 Å². The molecule has 1 amide bonds. The fourth-order valence-corrected chi connectivity index (χ4v) is 9.67. The van der Waals surface area contributed by atoms with Gasteiger partial charge < -0.3 is 28.6 Å². The quantitative estimate of drug-likeness (QED) is 0.167. The number of aliphatic imine (C=N–C) groups is 1. The van der Waals surface area contributed by atoms with Crippen molar-refractivity contribution in [2.24, 2.45) is 34.1 Å². The second-order valence-electron chi connectivity index (χ2n) is 18.5. The van der Waals surface area contributed by atoms with Gasteiger partial charge >= 0.3 is 12.1 Å². The van der Waals surface area contributed by atoms with Crippen LogP contribution in [0.4, 0.5) is 4.79 Å². The van der Waals surface area contributed by atoms with E-state index < -0.39 is 70.2 Å². The van der Waals surface area contributed by atoms with Gasteiger partial charge in [0.1, 0.15) is 19.4 Å². The second-order valence-corrected chi connectivity index (χ2v) is 18.5. The average Bonchev–Trinajstić information content (AvgIpc) is 3.31. The van der Waals surface area contributed by atoms with E-state index in [9.17, 15) is 14.4 Å². The van der Waals surface area contributed by atoms with Crippen molar-refractivity contribution in [2.75, 3.05) is 20.7 Å². The molecule has 0 spiro atoms. The molecular weight excluding hydrogens is 673 g/mol. The molecule has 3 fully saturated rings. The number of ether oxygens (including phenoxy) is 5. The largest absolute Gasteiger partial charge is 0.457 e. The number of hydrogen-bond donors (Lipinski definition) is 0. The van der Waals surface area contributed by atoms with Gasteiger partial charge in [-0.15, -0.1) is 5.98 Å². The Bertz CT molecular complexity index is 1450. The summed E-state index contributed by atoms with van der Waals surface area (Å²) >= 11 is 0. The third kappa shape index (κ3) is 7.64. The molecule has 4 heterocycles. The molecule has 4 aliphatic heterocycles. The van der Waals surface area contributed by atoms with E-state index >= 15 is 0 Å². The Morgan fingerprint density at radius 1 is 0.981 bits per heavy atom. The maximum atomic E-state index is 14.8. The number of nitrogens with zero attached hydrogens (tertiary/aromatic N) is 3. The third-order valence-electron chi connectivity index (χ3n) is 13.5. The third-order valence-corrected chi connectivity index (χ3v) is 13.5. The minimum absolute atomic E-state index is 0.0386. The molecule has 4 aliphatic rings. The Morgan fingerprint density at radius 3 is 2.17 bits per heavy atom. The number of carbonyl (C=O) groups excluding carboxylic acids is 3. The number of ketones is 1. The van der Waals surface area contributed by atoms with Crippen LogP contribution in [0.25, 0.3) is 0 Å². The summed E-state index contributed by atoms with van der Waals surface area (Å²) < 4.78 is 33.1. The first kappa shape index (κ1) is 43.5. The monoisotopic (exact) mass is 742 g/mol. The highest BCUT2D eigenvalue weighted by molar-refractivity contribution is 6.16. The SMILES string of the molecule is [B]/C=C/CO[C@@]1(C)C[C@@H](C)C2=NC(C)(C)C(C)(C)N3C(=O)O[C@](C)([C@@H](CC)OC(=O)C(C)(C)C(=O)[C@H](C)[C@H]1O[C@@H]1O[C@H](C)C[C@H](N(C)C)[C@H]1C)[C@H]3[C@H]2C. The van der Waals surface area contributed by atoms with Crippen LogP contribution in [0, 0.1) is 29.1 Å². The Balaban J connectivity index is 1.99. The van der Waals surface area contributed by atoms with Crippen LogP contribution in [-0.2, 0) is 33.3 Å². The van der Waals surface area contributed by atoms with Crippen molar-refractivity contribution >= 4 is 31.4 Å². The van der Waals surface area contributed by atoms with E-state index in [2.05, 4.69) is 39.8 Å². The maximum absolute atomic E-state index is 14.8. The lowest BCUT2D eigenvalue weighted by Crippen LogP contribution is -2.64. The van der Waals surface area contributed by atoms with Gasteiger partial charge in [-0.05, 0) is 102 Å². The summed E-state index contributed by atoms with van der Waals surface area (Å²) in [6, 6.07) is -0.357. The summed E-state index contributed by atoms with van der Waals surface area (Å²) in [7, 11) is 9.91. The molecule has 2 radical (unpaired) electrons. The summed E-state index contributed by atoms with van der Waals surface area (Å²) in [5, 5.41) is 0. The van der Waals surface area contributed by atoms with Crippen LogP contribution in [0.5, 0.6) is 0 Å². The first-order chi connectivity index (χ1) is 24.3. The van der Waals surface area contributed by atoms with Crippen molar-refractivity contribution in [3.63, 3.8) is 0 Å². The number of Topliss-reactive ketones (excluding diaryl/α,β-unsaturated/α-hetero) is 1. The first-order valence-corrected chi connectivity index (χ1v) is 19.7. The predicted molar refractivity (Wildman–Crippen MR) is 207 cm³/mol. The molecule has 0 aromatic carbocycles. The van der Waals surface area contributed by atoms with Gasteiger partial charge in [0.25, 0.3) is 0 Å². The van der Waals surface area contributed by atoms with Gasteiger partial charge in [0.15, 0.2) is 17.7 Å². The van der Waals surface area contributed by atoms with Gasteiger partial charge in [-0.25, -0.2) is 4.79 Å². The van der Waals surface area contributed by atoms with Gasteiger partial charge in [-0.3, -0.25) is 19.5 Å². The van der Waals surface area contributed by atoms with Gasteiger partial charge in [0, 0.05) is 29.5 Å². The Hall–Kier alpha value is -2.28. The van der Waals surface area contributed by atoms with E-state index in [0.717, 1.165) is 12.1 Å². The van der Waals surface area contributed by atoms with Gasteiger partial charge in [0.2, 0.25) is 0 Å². The van der Waals surface area contributed by atoms with Crippen molar-refractivity contribution in [1.29, 1.82) is 0 Å². The minimum atomic E-state index is -1.58. The number of esters is 1. The lowest BCUT2D eigenvalue weighted by atomic mass is 9.71. The van der Waals surface area contributed by atoms with E-state index in [-0.39, 0.29) is 42.3 Å². The van der Waals surface area contributed by atoms with Gasteiger partial charge in [-0.1, -0.05) is 40.7 Å². The standard InChI is InChI=1S/C41H68BN3O8/c1-17-29-41(14)31-26(5)30(43-38(9,10)39(11,12)45(31)36(48)53-41)23(2)22-40(13,49-20-18-19-42)33(27(6)32(46)37(7,8)35(47)51-29)52-34-25(4)28(44(15)16)21-24(3)50-34/h18-19,23-29,31,33-34H,17,20-22H2,1-16H3/b19-18+/t23-,24-,25-,26+,27+,28+,29-,31-,33-,34+,40+,41-/m1/s1. The van der Waals surface area contributed by atoms with Crippen molar-refractivity contribution in [2.45, 2.75) is 175 Å². The first-order valence-electron chi connectivity index (χ1n) is 19.7. The van der Waals surface area contributed by atoms with Gasteiger partial charge in [-0.2, -0.15) is 0 Å². The lowest BCUT2D eigenvalue weighted by Gasteiger charge is -2.49. The molecule has 0 unspecified atom stereocenters. The predicted octanol–water partition coefficient (Wildman–Crippen LogP) is 6.35. The molecular formula is C41H68BN3O8. The normalized spacial score (nSPS) is 41.8. The number of fused-ring (bicyclic) bond motifs is 1. The number of hydrogen-bond acceptors (Lipinski definition) is 10. The molecule has 0 aromatic rings. The van der Waals surface area contributed by atoms with Crippen molar-refractivity contribution in [3.8, 4) is 0 Å². The van der Waals surface area contributed by atoms with Crippen LogP contribution in [0.2, 0.25) is 0 Å². The number of carbonyl (C=O) groups is 3. The summed E-state index contributed by atoms with van der Waals surface area (Å²) in [5.41, 5.74) is -4.56. The zero-order chi connectivity index (χ0) is 40.2. The minimum Gasteiger partial charge on any atom is -0.457 e. The van der Waals surface area contributed by atoms with Crippen LogP contribution in [0.15, 0.2) is 17.0 Å². The van der Waals surface area contributed by atoms with Crippen molar-refractivity contribution < 1.29 is 38.1 Å². The summed E-state index contributed by atoms with van der Waals surface area (Å²) in [6.07, 6.45) is 0.429. The fraction of sp³-hybridized carbons (Fsp3) is 0.854. The summed E-state index contributed by atoms with van der Waals surface area (Å²) in [4.78, 5) is 52.8. The summed E-state index contributed by atoms with van der Waals surface area (Å²) in [6.45, 7) is 27.4. The molecule has 3 saturated heterocycles. The van der Waals surface area contributed by atoms with Crippen LogP contribution in [0.3, 0.4) is 0 Å². The zero-order valence-corrected chi connectivity index (χ0v) is 35.4. The topological polar surface area (TPSA) is 116 Å². The number of cyclic esters (lactones) is 1. The molecule has 0 saturated carbocycles. The number of rotatable bonds is 7. The Kier molecular flexibility index (Phi) is 12.6. The summed E-state index contributed by atoms with van der Waals surface area (Å²) in [5.74, 6) is -0.988. The van der Waals surface area contributed by atoms with E-state index in [4.69, 9.17) is 36.5 Å². The molecule has 2 bridgehead atoms. The zero-order valence-electron chi connectivity index (χ0n) is 35.4. The molecule has 12 atom stereocenters. The molecule has 298 valence electrons. The second kappa shape index (κ2) is 15.3. The lowest BCUT2D eigenvalue weighted by molar-refractivity contribution is -0.282. The molecule has 11 nitrogen and oxygen atoms in total. The maximum Gasteiger partial charge on any atom is 0.411 e. The van der Waals surface area contributed by atoms with Gasteiger partial charge in [0.05, 0.1) is 41.5 Å². The fourth-order valence-electron chi connectivity index (χ4n) is 9.67. The smallest absolute Gasteiger partial charge is 0.411 e. The molecule has 0 aromatic heterocycles. The Labute approximate surface area is 320 Å². The van der Waals surface area contributed by atoms with E-state index in [1.807, 2.05) is 67.2 Å². The van der Waals surface area contributed by atoms with Crippen molar-refractivity contribution in [3.05, 3.63) is 12.1 Å².